The number of nitrogens with zero attached hydrogens (tertiary/aromatic N) is 1. The number of halogens is 2. The molecular weight excluding hydrogens is 270 g/mol. The van der Waals surface area contributed by atoms with E-state index in [2.05, 4.69) is 10.3 Å². The number of rotatable bonds is 3. The number of pyridine rings is 1. The molecule has 0 saturated carbocycles. The molecule has 1 aromatic carbocycles. The van der Waals surface area contributed by atoms with E-state index in [0.717, 1.165) is 24.4 Å². The number of hydrogen-bond donors (Lipinski definition) is 2. The highest BCUT2D eigenvalue weighted by Crippen LogP contribution is 2.15. The van der Waals surface area contributed by atoms with Gasteiger partial charge in [0.05, 0.1) is 11.8 Å². The number of carboxylic acid groups (broad SMARTS) is 1. The van der Waals surface area contributed by atoms with E-state index >= 15 is 0 Å². The summed E-state index contributed by atoms with van der Waals surface area (Å²) in [5.74, 6) is -3.62. The number of benzene rings is 1. The van der Waals surface area contributed by atoms with Crippen molar-refractivity contribution in [1.29, 1.82) is 0 Å². The fourth-order valence-electron chi connectivity index (χ4n) is 1.47. The van der Waals surface area contributed by atoms with E-state index in [4.69, 9.17) is 5.11 Å². The first-order valence-corrected chi connectivity index (χ1v) is 5.43. The number of amides is 1. The van der Waals surface area contributed by atoms with E-state index in [0.29, 0.717) is 0 Å². The Labute approximate surface area is 111 Å². The summed E-state index contributed by atoms with van der Waals surface area (Å²) in [6, 6.07) is 5.40. The normalized spacial score (nSPS) is 10.1. The molecular formula is C13H8F2N2O3. The minimum Gasteiger partial charge on any atom is -0.478 e. The Kier molecular flexibility index (Phi) is 3.69. The molecule has 1 aromatic heterocycles. The lowest BCUT2D eigenvalue weighted by Gasteiger charge is -2.06. The number of hydrogen-bond acceptors (Lipinski definition) is 3. The summed E-state index contributed by atoms with van der Waals surface area (Å²) >= 11 is 0. The van der Waals surface area contributed by atoms with Crippen LogP contribution in [0.3, 0.4) is 0 Å². The van der Waals surface area contributed by atoms with E-state index in [1.54, 1.807) is 0 Å². The Hall–Kier alpha value is -2.83. The zero-order chi connectivity index (χ0) is 14.7. The van der Waals surface area contributed by atoms with Crippen LogP contribution in [0.2, 0.25) is 0 Å². The summed E-state index contributed by atoms with van der Waals surface area (Å²) in [7, 11) is 0. The number of nitrogens with one attached hydrogen (secondary N) is 1. The second-order valence-corrected chi connectivity index (χ2v) is 3.82. The summed E-state index contributed by atoms with van der Waals surface area (Å²) in [6.07, 6.45) is 0.878. The molecule has 0 fully saturated rings. The fourth-order valence-corrected chi connectivity index (χ4v) is 1.47. The van der Waals surface area contributed by atoms with E-state index in [-0.39, 0.29) is 11.4 Å². The molecule has 0 saturated heterocycles. The average molecular weight is 278 g/mol. The molecule has 2 N–H and O–H groups in total. The van der Waals surface area contributed by atoms with Crippen LogP contribution in [0, 0.1) is 11.6 Å². The topological polar surface area (TPSA) is 79.3 Å². The molecule has 0 atom stereocenters. The molecule has 5 nitrogen and oxygen atoms in total. The van der Waals surface area contributed by atoms with Crippen molar-refractivity contribution in [3.05, 3.63) is 59.4 Å². The summed E-state index contributed by atoms with van der Waals surface area (Å²) in [5.41, 5.74) is -0.472. The van der Waals surface area contributed by atoms with Gasteiger partial charge >= 0.3 is 5.97 Å². The van der Waals surface area contributed by atoms with Crippen LogP contribution in [0.5, 0.6) is 0 Å². The Morgan fingerprint density at radius 2 is 1.90 bits per heavy atom. The monoisotopic (exact) mass is 278 g/mol. The van der Waals surface area contributed by atoms with Gasteiger partial charge < -0.3 is 10.4 Å². The predicted octanol–water partition coefficient (Wildman–Crippen LogP) is 2.31. The van der Waals surface area contributed by atoms with Gasteiger partial charge in [-0.15, -0.1) is 0 Å². The van der Waals surface area contributed by atoms with Crippen LogP contribution in [0.1, 0.15) is 20.8 Å². The van der Waals surface area contributed by atoms with Gasteiger partial charge in [-0.05, 0) is 30.3 Å². The molecule has 102 valence electrons. The van der Waals surface area contributed by atoms with Gasteiger partial charge in [-0.1, -0.05) is 0 Å². The first-order chi connectivity index (χ1) is 9.47. The molecule has 1 heterocycles. The van der Waals surface area contributed by atoms with E-state index in [1.165, 1.54) is 12.1 Å². The molecule has 0 aliphatic heterocycles. The minimum atomic E-state index is -1.40. The highest BCUT2D eigenvalue weighted by Gasteiger charge is 2.12. The van der Waals surface area contributed by atoms with Crippen molar-refractivity contribution in [3.8, 4) is 0 Å². The van der Waals surface area contributed by atoms with E-state index in [9.17, 15) is 18.4 Å². The van der Waals surface area contributed by atoms with Gasteiger partial charge in [0.1, 0.15) is 17.3 Å². The first-order valence-electron chi connectivity index (χ1n) is 5.43. The molecule has 2 rings (SSSR count). The Morgan fingerprint density at radius 1 is 1.15 bits per heavy atom. The van der Waals surface area contributed by atoms with Gasteiger partial charge in [0, 0.05) is 5.69 Å². The SMILES string of the molecule is O=C(Nc1ccc(C(=O)O)c(F)c1)c1ccc(F)cn1. The number of carboxylic acids is 1. The first kappa shape index (κ1) is 13.6. The Balaban J connectivity index is 2.18. The number of anilines is 1. The largest absolute Gasteiger partial charge is 0.478 e. The zero-order valence-electron chi connectivity index (χ0n) is 9.93. The molecule has 0 aliphatic carbocycles. The standard InChI is InChI=1S/C13H8F2N2O3/c14-7-1-4-11(16-6-7)12(18)17-8-2-3-9(13(19)20)10(15)5-8/h1-6H,(H,17,18)(H,19,20). The van der Waals surface area contributed by atoms with Crippen molar-refractivity contribution in [3.63, 3.8) is 0 Å². The van der Waals surface area contributed by atoms with Crippen LogP contribution in [0.15, 0.2) is 36.5 Å². The maximum atomic E-state index is 13.4. The molecule has 2 aromatic rings. The summed E-state index contributed by atoms with van der Waals surface area (Å²) < 4.78 is 26.1. The van der Waals surface area contributed by atoms with Gasteiger partial charge in [-0.2, -0.15) is 0 Å². The number of carbonyl (C=O) groups is 2. The molecule has 0 aliphatic rings. The smallest absolute Gasteiger partial charge is 0.338 e. The highest BCUT2D eigenvalue weighted by atomic mass is 19.1. The van der Waals surface area contributed by atoms with Gasteiger partial charge in [0.15, 0.2) is 0 Å². The number of aromatic carboxylic acids is 1. The van der Waals surface area contributed by atoms with Crippen LogP contribution in [0.25, 0.3) is 0 Å². The zero-order valence-corrected chi connectivity index (χ0v) is 9.93. The van der Waals surface area contributed by atoms with Crippen molar-refractivity contribution in [2.24, 2.45) is 0 Å². The summed E-state index contributed by atoms with van der Waals surface area (Å²) in [6.45, 7) is 0. The van der Waals surface area contributed by atoms with Gasteiger partial charge in [0.2, 0.25) is 0 Å². The van der Waals surface area contributed by atoms with E-state index in [1.807, 2.05) is 0 Å². The molecule has 7 heteroatoms. The van der Waals surface area contributed by atoms with Crippen molar-refractivity contribution < 1.29 is 23.5 Å². The van der Waals surface area contributed by atoms with Crippen LogP contribution >= 0.6 is 0 Å². The minimum absolute atomic E-state index is 0.0471. The van der Waals surface area contributed by atoms with Crippen LogP contribution in [-0.2, 0) is 0 Å². The number of carbonyl (C=O) groups excluding carboxylic acids is 1. The third-order valence-corrected chi connectivity index (χ3v) is 2.42. The quantitative estimate of drug-likeness (QED) is 0.903. The lowest BCUT2D eigenvalue weighted by molar-refractivity contribution is 0.0692. The molecule has 0 unspecified atom stereocenters. The molecule has 1 amide bonds. The predicted molar refractivity (Wildman–Crippen MR) is 65.5 cm³/mol. The third-order valence-electron chi connectivity index (χ3n) is 2.42. The molecule has 0 radical (unpaired) electrons. The second kappa shape index (κ2) is 5.43. The molecule has 0 spiro atoms. The van der Waals surface area contributed by atoms with Crippen LogP contribution in [0.4, 0.5) is 14.5 Å². The van der Waals surface area contributed by atoms with Gasteiger partial charge in [-0.25, -0.2) is 18.6 Å². The maximum absolute atomic E-state index is 13.4. The Bertz CT molecular complexity index is 672. The van der Waals surface area contributed by atoms with Crippen molar-refractivity contribution in [1.82, 2.24) is 4.98 Å². The van der Waals surface area contributed by atoms with Crippen LogP contribution in [-0.4, -0.2) is 22.0 Å². The second-order valence-electron chi connectivity index (χ2n) is 3.82. The summed E-state index contributed by atoms with van der Waals surface area (Å²) in [4.78, 5) is 25.9. The van der Waals surface area contributed by atoms with Crippen molar-refractivity contribution >= 4 is 17.6 Å². The third kappa shape index (κ3) is 2.94. The molecule has 20 heavy (non-hydrogen) atoms. The lowest BCUT2D eigenvalue weighted by Crippen LogP contribution is -2.14. The van der Waals surface area contributed by atoms with E-state index < -0.39 is 29.1 Å². The van der Waals surface area contributed by atoms with Crippen molar-refractivity contribution in [2.75, 3.05) is 5.32 Å². The average Bonchev–Trinajstić information content (AvgIpc) is 2.39. The lowest BCUT2D eigenvalue weighted by atomic mass is 10.2. The Morgan fingerprint density at radius 3 is 2.45 bits per heavy atom. The fraction of sp³-hybridized carbons (Fsp3) is 0. The maximum Gasteiger partial charge on any atom is 0.338 e. The van der Waals surface area contributed by atoms with Gasteiger partial charge in [0.25, 0.3) is 5.91 Å². The highest BCUT2D eigenvalue weighted by molar-refractivity contribution is 6.03. The number of aromatic nitrogens is 1. The van der Waals surface area contributed by atoms with Gasteiger partial charge in [-0.3, -0.25) is 4.79 Å². The summed E-state index contributed by atoms with van der Waals surface area (Å²) in [5, 5.41) is 11.0. The van der Waals surface area contributed by atoms with Crippen molar-refractivity contribution in [2.45, 2.75) is 0 Å². The van der Waals surface area contributed by atoms with Crippen LogP contribution < -0.4 is 5.32 Å². The molecule has 0 bridgehead atoms.